The first kappa shape index (κ1) is 12.6. The molecule has 3 unspecified atom stereocenters. The second-order valence-corrected chi connectivity index (χ2v) is 5.98. The number of hydrogen-bond acceptors (Lipinski definition) is 2. The van der Waals surface area contributed by atoms with Crippen molar-refractivity contribution in [1.29, 1.82) is 0 Å². The Balaban J connectivity index is 2.25. The lowest BCUT2D eigenvalue weighted by Crippen LogP contribution is -2.23. The van der Waals surface area contributed by atoms with Gasteiger partial charge < -0.3 is 9.84 Å². The van der Waals surface area contributed by atoms with E-state index >= 15 is 0 Å². The van der Waals surface area contributed by atoms with E-state index in [1.54, 1.807) is 0 Å². The van der Waals surface area contributed by atoms with Crippen LogP contribution in [0.2, 0.25) is 0 Å². The first-order valence-corrected chi connectivity index (χ1v) is 6.93. The van der Waals surface area contributed by atoms with Gasteiger partial charge in [0.25, 0.3) is 0 Å². The van der Waals surface area contributed by atoms with Crippen LogP contribution < -0.4 is 0 Å². The number of ether oxygens (including phenoxy) is 1. The number of hydrogen-bond donors (Lipinski definition) is 1. The average Bonchev–Trinajstić information content (AvgIpc) is 2.67. The minimum atomic E-state index is -0.565. The number of aliphatic hydroxyl groups is 1. The fraction of sp³-hybridized carbons (Fsp3) is 0.500. The van der Waals surface area contributed by atoms with E-state index in [1.807, 2.05) is 18.2 Å². The first-order valence-electron chi connectivity index (χ1n) is 5.34. The summed E-state index contributed by atoms with van der Waals surface area (Å²) in [5.74, 6) is 0.404. The zero-order valence-corrected chi connectivity index (χ0v) is 12.2. The van der Waals surface area contributed by atoms with Crippen molar-refractivity contribution in [2.75, 3.05) is 6.61 Å². The van der Waals surface area contributed by atoms with Crippen LogP contribution in [-0.4, -0.2) is 17.8 Å². The molecule has 4 heteroatoms. The molecule has 1 fully saturated rings. The summed E-state index contributed by atoms with van der Waals surface area (Å²) in [5, 5.41) is 10.3. The Kier molecular flexibility index (Phi) is 4.06. The summed E-state index contributed by atoms with van der Waals surface area (Å²) in [6.07, 6.45) is 0.364. The Bertz CT molecular complexity index is 381. The van der Waals surface area contributed by atoms with Gasteiger partial charge in [0.2, 0.25) is 0 Å². The fourth-order valence-electron chi connectivity index (χ4n) is 2.04. The molecule has 2 rings (SSSR count). The summed E-state index contributed by atoms with van der Waals surface area (Å²) in [7, 11) is 0. The van der Waals surface area contributed by atoms with Gasteiger partial charge in [0.1, 0.15) is 6.10 Å². The largest absolute Gasteiger partial charge is 0.386 e. The van der Waals surface area contributed by atoms with Crippen LogP contribution in [0.25, 0.3) is 0 Å². The average molecular weight is 350 g/mol. The van der Waals surface area contributed by atoms with E-state index in [1.165, 1.54) is 0 Å². The molecule has 0 amide bonds. The van der Waals surface area contributed by atoms with Crippen molar-refractivity contribution >= 4 is 31.9 Å². The lowest BCUT2D eigenvalue weighted by molar-refractivity contribution is -0.0181. The number of benzene rings is 1. The van der Waals surface area contributed by atoms with Crippen molar-refractivity contribution in [2.24, 2.45) is 5.92 Å². The molecule has 88 valence electrons. The normalized spacial score (nSPS) is 27.0. The monoisotopic (exact) mass is 348 g/mol. The first-order chi connectivity index (χ1) is 7.59. The number of aliphatic hydroxyl groups excluding tert-OH is 1. The Labute approximate surface area is 112 Å². The molecular formula is C12H14Br2O2. The van der Waals surface area contributed by atoms with Crippen LogP contribution in [-0.2, 0) is 4.74 Å². The smallest absolute Gasteiger partial charge is 0.107 e. The molecule has 1 N–H and O–H groups in total. The molecule has 1 saturated heterocycles. The fourth-order valence-corrected chi connectivity index (χ4v) is 2.90. The van der Waals surface area contributed by atoms with Gasteiger partial charge in [-0.15, -0.1) is 0 Å². The predicted molar refractivity (Wildman–Crippen MR) is 70.3 cm³/mol. The van der Waals surface area contributed by atoms with Gasteiger partial charge in [-0.05, 0) is 36.1 Å². The zero-order chi connectivity index (χ0) is 11.7. The summed E-state index contributed by atoms with van der Waals surface area (Å²) >= 11 is 6.88. The maximum absolute atomic E-state index is 10.3. The second kappa shape index (κ2) is 5.17. The summed E-state index contributed by atoms with van der Waals surface area (Å²) < 4.78 is 7.48. The van der Waals surface area contributed by atoms with E-state index < -0.39 is 6.10 Å². The number of rotatable bonds is 2. The maximum atomic E-state index is 10.3. The Morgan fingerprint density at radius 3 is 2.81 bits per heavy atom. The minimum absolute atomic E-state index is 0.0920. The molecule has 1 heterocycles. The van der Waals surface area contributed by atoms with Gasteiger partial charge >= 0.3 is 0 Å². The molecule has 0 radical (unpaired) electrons. The van der Waals surface area contributed by atoms with Gasteiger partial charge in [-0.25, -0.2) is 0 Å². The predicted octanol–water partition coefficient (Wildman–Crippen LogP) is 3.67. The van der Waals surface area contributed by atoms with Crippen LogP contribution >= 0.6 is 31.9 Å². The summed E-state index contributed by atoms with van der Waals surface area (Å²) in [5.41, 5.74) is 0.883. The van der Waals surface area contributed by atoms with Crippen molar-refractivity contribution in [3.05, 3.63) is 32.7 Å². The van der Waals surface area contributed by atoms with Crippen LogP contribution in [0.5, 0.6) is 0 Å². The molecule has 2 nitrogen and oxygen atoms in total. The van der Waals surface area contributed by atoms with E-state index in [2.05, 4.69) is 38.8 Å². The van der Waals surface area contributed by atoms with Gasteiger partial charge in [0.15, 0.2) is 0 Å². The van der Waals surface area contributed by atoms with Crippen molar-refractivity contribution < 1.29 is 9.84 Å². The third-order valence-corrected chi connectivity index (χ3v) is 4.25. The van der Waals surface area contributed by atoms with Gasteiger partial charge in [-0.3, -0.25) is 0 Å². The highest BCUT2D eigenvalue weighted by atomic mass is 79.9. The van der Waals surface area contributed by atoms with Gasteiger partial charge in [0, 0.05) is 15.6 Å². The molecule has 0 aromatic heterocycles. The van der Waals surface area contributed by atoms with Crippen molar-refractivity contribution in [1.82, 2.24) is 0 Å². The van der Waals surface area contributed by atoms with Crippen molar-refractivity contribution in [2.45, 2.75) is 25.6 Å². The highest BCUT2D eigenvalue weighted by molar-refractivity contribution is 9.11. The van der Waals surface area contributed by atoms with Crippen LogP contribution in [0.3, 0.4) is 0 Å². The molecular weight excluding hydrogens is 336 g/mol. The molecule has 0 bridgehead atoms. The summed E-state index contributed by atoms with van der Waals surface area (Å²) in [6.45, 7) is 2.86. The summed E-state index contributed by atoms with van der Waals surface area (Å²) in [4.78, 5) is 0. The van der Waals surface area contributed by atoms with E-state index in [9.17, 15) is 5.11 Å². The minimum Gasteiger partial charge on any atom is -0.386 e. The quantitative estimate of drug-likeness (QED) is 0.882. The SMILES string of the molecule is CC1CCOC1C(O)c1cc(Br)ccc1Br. The van der Waals surface area contributed by atoms with Crippen LogP contribution in [0.15, 0.2) is 27.1 Å². The molecule has 1 aromatic carbocycles. The van der Waals surface area contributed by atoms with Crippen LogP contribution in [0.4, 0.5) is 0 Å². The van der Waals surface area contributed by atoms with E-state index in [0.717, 1.165) is 27.5 Å². The Morgan fingerprint density at radius 1 is 1.44 bits per heavy atom. The van der Waals surface area contributed by atoms with E-state index in [-0.39, 0.29) is 6.10 Å². The Hall–Kier alpha value is 0.1000. The molecule has 1 aromatic rings. The second-order valence-electron chi connectivity index (χ2n) is 4.21. The molecule has 0 spiro atoms. The van der Waals surface area contributed by atoms with E-state index in [0.29, 0.717) is 5.92 Å². The highest BCUT2D eigenvalue weighted by Crippen LogP contribution is 2.35. The highest BCUT2D eigenvalue weighted by Gasteiger charge is 2.32. The van der Waals surface area contributed by atoms with Crippen LogP contribution in [0.1, 0.15) is 25.0 Å². The maximum Gasteiger partial charge on any atom is 0.107 e. The molecule has 0 aliphatic carbocycles. The van der Waals surface area contributed by atoms with Gasteiger partial charge in [-0.1, -0.05) is 38.8 Å². The summed E-state index contributed by atoms with van der Waals surface area (Å²) in [6, 6.07) is 5.81. The standard InChI is InChI=1S/C12H14Br2O2/c1-7-4-5-16-12(7)11(15)9-6-8(13)2-3-10(9)14/h2-3,6-7,11-12,15H,4-5H2,1H3. The molecule has 0 saturated carbocycles. The van der Waals surface area contributed by atoms with Gasteiger partial charge in [0.05, 0.1) is 6.10 Å². The third-order valence-electron chi connectivity index (χ3n) is 3.03. The van der Waals surface area contributed by atoms with Gasteiger partial charge in [-0.2, -0.15) is 0 Å². The lowest BCUT2D eigenvalue weighted by atomic mass is 9.95. The van der Waals surface area contributed by atoms with E-state index in [4.69, 9.17) is 4.74 Å². The lowest BCUT2D eigenvalue weighted by Gasteiger charge is -2.22. The zero-order valence-electron chi connectivity index (χ0n) is 8.99. The molecule has 16 heavy (non-hydrogen) atoms. The Morgan fingerprint density at radius 2 is 2.19 bits per heavy atom. The topological polar surface area (TPSA) is 29.5 Å². The van der Waals surface area contributed by atoms with Crippen LogP contribution in [0, 0.1) is 5.92 Å². The molecule has 3 atom stereocenters. The molecule has 1 aliphatic rings. The third kappa shape index (κ3) is 2.50. The number of halogens is 2. The van der Waals surface area contributed by atoms with Crippen molar-refractivity contribution in [3.63, 3.8) is 0 Å². The van der Waals surface area contributed by atoms with Crippen molar-refractivity contribution in [3.8, 4) is 0 Å². The molecule has 1 aliphatic heterocycles.